The van der Waals surface area contributed by atoms with Crippen LogP contribution in [0.3, 0.4) is 0 Å². The molecular weight excluding hydrogens is 368 g/mol. The van der Waals surface area contributed by atoms with Gasteiger partial charge in [-0.3, -0.25) is 9.59 Å². The average Bonchev–Trinajstić information content (AvgIpc) is 2.48. The molecule has 1 aliphatic rings. The Labute approximate surface area is 152 Å². The van der Waals surface area contributed by atoms with Crippen LogP contribution in [-0.2, 0) is 11.2 Å². The van der Waals surface area contributed by atoms with Crippen molar-refractivity contribution in [3.8, 4) is 0 Å². The second-order valence-corrected chi connectivity index (χ2v) is 8.50. The van der Waals surface area contributed by atoms with Gasteiger partial charge in [0.1, 0.15) is 0 Å². The Bertz CT molecular complexity index is 708. The normalized spacial score (nSPS) is 16.2. The van der Waals surface area contributed by atoms with E-state index in [0.717, 1.165) is 16.7 Å². The van der Waals surface area contributed by atoms with Gasteiger partial charge in [-0.05, 0) is 62.3 Å². The van der Waals surface area contributed by atoms with E-state index in [0.29, 0.717) is 24.0 Å². The minimum Gasteiger partial charge on any atom is -0.389 e. The summed E-state index contributed by atoms with van der Waals surface area (Å²) in [6.07, 6.45) is 3.18. The summed E-state index contributed by atoms with van der Waals surface area (Å²) in [6.45, 7) is 9.33. The maximum absolute atomic E-state index is 12.7. The highest BCUT2D eigenvalue weighted by Crippen LogP contribution is 2.32. The molecule has 1 aliphatic carbocycles. The third kappa shape index (κ3) is 3.70. The van der Waals surface area contributed by atoms with E-state index in [2.05, 4.69) is 15.9 Å². The van der Waals surface area contributed by atoms with Gasteiger partial charge in [0.25, 0.3) is 0 Å². The fraction of sp³-hybridized carbons (Fsp3) is 0.500. The van der Waals surface area contributed by atoms with Gasteiger partial charge in [0.05, 0.1) is 5.60 Å². The molecule has 1 aromatic carbocycles. The molecule has 0 saturated heterocycles. The number of fused-ring (bicyclic) bond motifs is 1. The van der Waals surface area contributed by atoms with Crippen molar-refractivity contribution in [2.75, 3.05) is 0 Å². The first kappa shape index (κ1) is 19.1. The van der Waals surface area contributed by atoms with Crippen molar-refractivity contribution >= 4 is 33.6 Å². The Balaban J connectivity index is 2.44. The van der Waals surface area contributed by atoms with Crippen molar-refractivity contribution in [2.45, 2.75) is 57.9 Å². The lowest BCUT2D eigenvalue weighted by atomic mass is 9.80. The largest absolute Gasteiger partial charge is 0.389 e. The summed E-state index contributed by atoms with van der Waals surface area (Å²) in [6, 6.07) is 3.92. The zero-order chi connectivity index (χ0) is 18.2. The van der Waals surface area contributed by atoms with Crippen LogP contribution in [0, 0.1) is 12.8 Å². The van der Waals surface area contributed by atoms with Crippen LogP contribution in [0.25, 0.3) is 6.08 Å². The van der Waals surface area contributed by atoms with Crippen LogP contribution in [-0.4, -0.2) is 27.1 Å². The molecule has 2 rings (SSSR count). The van der Waals surface area contributed by atoms with Crippen molar-refractivity contribution in [2.24, 2.45) is 5.92 Å². The van der Waals surface area contributed by atoms with Crippen LogP contribution in [0.5, 0.6) is 0 Å². The molecule has 4 heteroatoms. The minimum absolute atomic E-state index is 0.0291. The monoisotopic (exact) mass is 392 g/mol. The standard InChI is InChI=1S/C20H25BrO3/c1-11(2)15-10-13-7-6-12(3)14(17(13)19(23)18(15)22)8-9-16(21)20(4,5)24/h6-7,10-11,16,24H,8-9H2,1-5H3. The lowest BCUT2D eigenvalue weighted by Crippen LogP contribution is -2.32. The van der Waals surface area contributed by atoms with Gasteiger partial charge < -0.3 is 5.11 Å². The van der Waals surface area contributed by atoms with E-state index in [-0.39, 0.29) is 16.5 Å². The highest BCUT2D eigenvalue weighted by Gasteiger charge is 2.32. The lowest BCUT2D eigenvalue weighted by Gasteiger charge is -2.26. The number of carbonyl (C=O) groups is 2. The van der Waals surface area contributed by atoms with E-state index in [4.69, 9.17) is 0 Å². The highest BCUT2D eigenvalue weighted by atomic mass is 79.9. The van der Waals surface area contributed by atoms with Gasteiger partial charge >= 0.3 is 0 Å². The van der Waals surface area contributed by atoms with E-state index in [1.807, 2.05) is 39.0 Å². The summed E-state index contributed by atoms with van der Waals surface area (Å²) in [4.78, 5) is 25.0. The highest BCUT2D eigenvalue weighted by molar-refractivity contribution is 9.09. The molecule has 0 radical (unpaired) electrons. The SMILES string of the molecule is Cc1ccc2c(c1CCC(Br)C(C)(C)O)C(=O)C(=O)C(C(C)C)=C2. The molecule has 130 valence electrons. The van der Waals surface area contributed by atoms with Crippen molar-refractivity contribution in [1.82, 2.24) is 0 Å². The van der Waals surface area contributed by atoms with Gasteiger partial charge in [-0.1, -0.05) is 41.9 Å². The van der Waals surface area contributed by atoms with Gasteiger partial charge in [0.2, 0.25) is 11.6 Å². The molecule has 1 N–H and O–H groups in total. The average molecular weight is 393 g/mol. The number of allylic oxidation sites excluding steroid dienone is 1. The molecule has 0 spiro atoms. The molecule has 0 aromatic heterocycles. The number of rotatable bonds is 5. The van der Waals surface area contributed by atoms with Gasteiger partial charge in [-0.2, -0.15) is 0 Å². The van der Waals surface area contributed by atoms with Gasteiger partial charge in [-0.15, -0.1) is 0 Å². The summed E-state index contributed by atoms with van der Waals surface area (Å²) in [5.74, 6) is -0.757. The first-order valence-corrected chi connectivity index (χ1v) is 9.25. The van der Waals surface area contributed by atoms with Crippen LogP contribution in [0.4, 0.5) is 0 Å². The lowest BCUT2D eigenvalue weighted by molar-refractivity contribution is -0.112. The number of hydrogen-bond donors (Lipinski definition) is 1. The Kier molecular flexibility index (Phi) is 5.50. The number of Topliss-reactive ketones (excluding diaryl/α,β-unsaturated/α-hetero) is 2. The molecular formula is C20H25BrO3. The molecule has 1 aromatic rings. The van der Waals surface area contributed by atoms with Gasteiger partial charge in [0.15, 0.2) is 0 Å². The second kappa shape index (κ2) is 6.93. The molecule has 1 unspecified atom stereocenters. The van der Waals surface area contributed by atoms with Crippen molar-refractivity contribution in [3.05, 3.63) is 40.0 Å². The second-order valence-electron chi connectivity index (χ2n) is 7.40. The van der Waals surface area contributed by atoms with E-state index in [9.17, 15) is 14.7 Å². The Hall–Kier alpha value is -1.26. The number of aryl methyl sites for hydroxylation is 1. The van der Waals surface area contributed by atoms with Crippen LogP contribution in [0.15, 0.2) is 17.7 Å². The molecule has 0 bridgehead atoms. The molecule has 3 nitrogen and oxygen atoms in total. The maximum atomic E-state index is 12.7. The third-order valence-corrected chi connectivity index (χ3v) is 6.20. The van der Waals surface area contributed by atoms with Crippen molar-refractivity contribution in [3.63, 3.8) is 0 Å². The number of ketones is 2. The number of alkyl halides is 1. The predicted octanol–water partition coefficient (Wildman–Crippen LogP) is 4.27. The Morgan fingerprint density at radius 2 is 1.79 bits per heavy atom. The van der Waals surface area contributed by atoms with Crippen LogP contribution < -0.4 is 0 Å². The molecule has 0 saturated carbocycles. The fourth-order valence-electron chi connectivity index (χ4n) is 3.01. The molecule has 0 fully saturated rings. The summed E-state index contributed by atoms with van der Waals surface area (Å²) in [7, 11) is 0. The fourth-order valence-corrected chi connectivity index (χ4v) is 3.24. The topological polar surface area (TPSA) is 54.4 Å². The number of carbonyl (C=O) groups excluding carboxylic acids is 2. The number of aliphatic hydroxyl groups is 1. The van der Waals surface area contributed by atoms with E-state index >= 15 is 0 Å². The summed E-state index contributed by atoms with van der Waals surface area (Å²) < 4.78 is 0. The van der Waals surface area contributed by atoms with Crippen molar-refractivity contribution < 1.29 is 14.7 Å². The number of benzene rings is 1. The molecule has 1 atom stereocenters. The number of hydrogen-bond acceptors (Lipinski definition) is 3. The zero-order valence-electron chi connectivity index (χ0n) is 14.9. The van der Waals surface area contributed by atoms with E-state index in [1.54, 1.807) is 13.8 Å². The quantitative estimate of drug-likeness (QED) is 0.601. The molecule has 0 amide bonds. The predicted molar refractivity (Wildman–Crippen MR) is 101 cm³/mol. The number of halogens is 1. The van der Waals surface area contributed by atoms with E-state index in [1.165, 1.54) is 0 Å². The maximum Gasteiger partial charge on any atom is 0.234 e. The summed E-state index contributed by atoms with van der Waals surface area (Å²) >= 11 is 3.52. The summed E-state index contributed by atoms with van der Waals surface area (Å²) in [5, 5.41) is 10.1. The molecule has 24 heavy (non-hydrogen) atoms. The minimum atomic E-state index is -0.840. The Morgan fingerprint density at radius 3 is 2.33 bits per heavy atom. The Morgan fingerprint density at radius 1 is 1.17 bits per heavy atom. The third-order valence-electron chi connectivity index (χ3n) is 4.62. The first-order valence-electron chi connectivity index (χ1n) is 8.33. The van der Waals surface area contributed by atoms with Crippen LogP contribution in [0.1, 0.15) is 61.2 Å². The molecule has 0 aliphatic heterocycles. The van der Waals surface area contributed by atoms with E-state index < -0.39 is 11.4 Å². The first-order chi connectivity index (χ1) is 11.0. The summed E-state index contributed by atoms with van der Waals surface area (Å²) in [5.41, 5.74) is 3.04. The zero-order valence-corrected chi connectivity index (χ0v) is 16.5. The van der Waals surface area contributed by atoms with Crippen LogP contribution in [0.2, 0.25) is 0 Å². The van der Waals surface area contributed by atoms with Crippen LogP contribution >= 0.6 is 15.9 Å². The smallest absolute Gasteiger partial charge is 0.234 e. The molecule has 0 heterocycles. The van der Waals surface area contributed by atoms with Gasteiger partial charge in [-0.25, -0.2) is 0 Å². The van der Waals surface area contributed by atoms with Crippen molar-refractivity contribution in [1.29, 1.82) is 0 Å². The van der Waals surface area contributed by atoms with Gasteiger partial charge in [0, 0.05) is 16.0 Å².